The van der Waals surface area contributed by atoms with Crippen LogP contribution in [0.1, 0.15) is 20.3 Å². The average molecular weight is 374 g/mol. The molecule has 0 aliphatic heterocycles. The van der Waals surface area contributed by atoms with E-state index in [1.54, 1.807) is 25.1 Å². The zero-order valence-electron chi connectivity index (χ0n) is 12.7. The zero-order valence-corrected chi connectivity index (χ0v) is 15.0. The molecule has 0 saturated carbocycles. The maximum atomic E-state index is 11.9. The van der Waals surface area contributed by atoms with E-state index in [4.69, 9.17) is 29.0 Å². The van der Waals surface area contributed by atoms with Gasteiger partial charge in [-0.15, -0.1) is 10.2 Å². The summed E-state index contributed by atoms with van der Waals surface area (Å²) in [5, 5.41) is 12.0. The van der Waals surface area contributed by atoms with E-state index in [9.17, 15) is 4.79 Å². The standard InChI is InChI=1S/C14H17Cl2N5OS/c1-3-6-18-13(22)8(2)23-14-20-19-12(21(14)17)10-7-9(15)4-5-11(10)16/h4-5,7-8H,3,6,17H2,1-2H3,(H,18,22)/t8-/m1/s1. The van der Waals surface area contributed by atoms with Gasteiger partial charge >= 0.3 is 0 Å². The van der Waals surface area contributed by atoms with Gasteiger partial charge in [-0.2, -0.15) is 0 Å². The summed E-state index contributed by atoms with van der Waals surface area (Å²) in [5.41, 5.74) is 0.587. The molecule has 0 unspecified atom stereocenters. The van der Waals surface area contributed by atoms with E-state index in [0.717, 1.165) is 6.42 Å². The molecular formula is C14H17Cl2N5OS. The number of rotatable bonds is 6. The molecule has 1 amide bonds. The fourth-order valence-corrected chi connectivity index (χ4v) is 2.98. The van der Waals surface area contributed by atoms with Crippen LogP contribution in [0, 0.1) is 0 Å². The van der Waals surface area contributed by atoms with Crippen LogP contribution in [-0.2, 0) is 4.79 Å². The van der Waals surface area contributed by atoms with Crippen molar-refractivity contribution in [3.8, 4) is 11.4 Å². The Balaban J connectivity index is 2.19. The summed E-state index contributed by atoms with van der Waals surface area (Å²) in [5.74, 6) is 6.36. The van der Waals surface area contributed by atoms with E-state index in [1.165, 1.54) is 16.4 Å². The largest absolute Gasteiger partial charge is 0.355 e. The van der Waals surface area contributed by atoms with Crippen LogP contribution in [0.4, 0.5) is 0 Å². The lowest BCUT2D eigenvalue weighted by Gasteiger charge is -2.11. The predicted molar refractivity (Wildman–Crippen MR) is 94.2 cm³/mol. The molecule has 0 fully saturated rings. The molecular weight excluding hydrogens is 357 g/mol. The first-order chi connectivity index (χ1) is 10.9. The van der Waals surface area contributed by atoms with Crippen molar-refractivity contribution in [1.29, 1.82) is 0 Å². The van der Waals surface area contributed by atoms with Gasteiger partial charge in [0.05, 0.1) is 10.3 Å². The van der Waals surface area contributed by atoms with E-state index >= 15 is 0 Å². The first-order valence-corrected chi connectivity index (χ1v) is 8.67. The molecule has 0 aliphatic rings. The number of benzene rings is 1. The topological polar surface area (TPSA) is 85.8 Å². The Morgan fingerprint density at radius 2 is 2.17 bits per heavy atom. The monoisotopic (exact) mass is 373 g/mol. The van der Waals surface area contributed by atoms with E-state index in [1.807, 2.05) is 6.92 Å². The van der Waals surface area contributed by atoms with Crippen LogP contribution in [0.3, 0.4) is 0 Å². The van der Waals surface area contributed by atoms with Gasteiger partial charge in [-0.1, -0.05) is 41.9 Å². The van der Waals surface area contributed by atoms with Crippen molar-refractivity contribution in [2.45, 2.75) is 30.7 Å². The number of halogens is 2. The number of nitrogens with one attached hydrogen (secondary N) is 1. The first-order valence-electron chi connectivity index (χ1n) is 7.04. The highest BCUT2D eigenvalue weighted by atomic mass is 35.5. The molecule has 0 radical (unpaired) electrons. The number of nitrogens with two attached hydrogens (primary N) is 1. The van der Waals surface area contributed by atoms with Gasteiger partial charge in [-0.05, 0) is 31.5 Å². The second-order valence-electron chi connectivity index (χ2n) is 4.85. The second kappa shape index (κ2) is 7.90. The summed E-state index contributed by atoms with van der Waals surface area (Å²) >= 11 is 13.4. The van der Waals surface area contributed by atoms with E-state index in [0.29, 0.717) is 33.1 Å². The third kappa shape index (κ3) is 4.31. The van der Waals surface area contributed by atoms with Crippen molar-refractivity contribution in [3.05, 3.63) is 28.2 Å². The van der Waals surface area contributed by atoms with Gasteiger partial charge in [0, 0.05) is 17.1 Å². The van der Waals surface area contributed by atoms with Crippen LogP contribution < -0.4 is 11.2 Å². The summed E-state index contributed by atoms with van der Waals surface area (Å²) in [4.78, 5) is 11.9. The third-order valence-electron chi connectivity index (χ3n) is 3.03. The smallest absolute Gasteiger partial charge is 0.233 e. The number of hydrogen-bond donors (Lipinski definition) is 2. The Morgan fingerprint density at radius 3 is 2.87 bits per heavy atom. The van der Waals surface area contributed by atoms with Crippen LogP contribution in [0.25, 0.3) is 11.4 Å². The summed E-state index contributed by atoms with van der Waals surface area (Å²) in [6.45, 7) is 4.43. The summed E-state index contributed by atoms with van der Waals surface area (Å²) < 4.78 is 1.31. The summed E-state index contributed by atoms with van der Waals surface area (Å²) in [6, 6.07) is 5.02. The maximum absolute atomic E-state index is 11.9. The lowest BCUT2D eigenvalue weighted by Crippen LogP contribution is -2.31. The minimum atomic E-state index is -0.337. The van der Waals surface area contributed by atoms with E-state index in [2.05, 4.69) is 15.5 Å². The molecule has 0 spiro atoms. The number of aromatic nitrogens is 3. The molecule has 3 N–H and O–H groups in total. The molecule has 2 rings (SSSR count). The van der Waals surface area contributed by atoms with Gasteiger partial charge in [0.2, 0.25) is 11.1 Å². The fourth-order valence-electron chi connectivity index (χ4n) is 1.81. The van der Waals surface area contributed by atoms with Gasteiger partial charge < -0.3 is 11.2 Å². The highest BCUT2D eigenvalue weighted by molar-refractivity contribution is 8.00. The van der Waals surface area contributed by atoms with Gasteiger partial charge in [0.15, 0.2) is 5.82 Å². The molecule has 1 heterocycles. The number of thioether (sulfide) groups is 1. The van der Waals surface area contributed by atoms with E-state index in [-0.39, 0.29) is 11.2 Å². The van der Waals surface area contributed by atoms with Crippen LogP contribution in [-0.4, -0.2) is 32.6 Å². The van der Waals surface area contributed by atoms with Crippen molar-refractivity contribution in [2.75, 3.05) is 12.4 Å². The van der Waals surface area contributed by atoms with Gasteiger partial charge in [-0.3, -0.25) is 4.79 Å². The van der Waals surface area contributed by atoms with Crippen molar-refractivity contribution in [2.24, 2.45) is 0 Å². The molecule has 0 aliphatic carbocycles. The second-order valence-corrected chi connectivity index (χ2v) is 7.00. The number of amides is 1. The lowest BCUT2D eigenvalue weighted by molar-refractivity contribution is -0.120. The van der Waals surface area contributed by atoms with Crippen LogP contribution in [0.5, 0.6) is 0 Å². The van der Waals surface area contributed by atoms with Crippen molar-refractivity contribution in [3.63, 3.8) is 0 Å². The normalized spacial score (nSPS) is 12.2. The molecule has 0 bridgehead atoms. The minimum absolute atomic E-state index is 0.0674. The minimum Gasteiger partial charge on any atom is -0.355 e. The molecule has 6 nitrogen and oxygen atoms in total. The first kappa shape index (κ1) is 17.9. The number of nitrogen functional groups attached to an aromatic ring is 1. The quantitative estimate of drug-likeness (QED) is 0.600. The molecule has 0 saturated heterocycles. The lowest BCUT2D eigenvalue weighted by atomic mass is 10.2. The van der Waals surface area contributed by atoms with Gasteiger partial charge in [0.1, 0.15) is 0 Å². The Kier molecular flexibility index (Phi) is 6.15. The van der Waals surface area contributed by atoms with Crippen molar-refractivity contribution >= 4 is 40.9 Å². The summed E-state index contributed by atoms with van der Waals surface area (Å²) in [7, 11) is 0. The zero-order chi connectivity index (χ0) is 17.0. The number of nitrogens with zero attached hydrogens (tertiary/aromatic N) is 3. The van der Waals surface area contributed by atoms with Crippen LogP contribution >= 0.6 is 35.0 Å². The molecule has 124 valence electrons. The molecule has 9 heteroatoms. The van der Waals surface area contributed by atoms with Crippen LogP contribution in [0.15, 0.2) is 23.4 Å². The molecule has 1 atom stereocenters. The third-order valence-corrected chi connectivity index (χ3v) is 4.66. The van der Waals surface area contributed by atoms with Gasteiger partial charge in [0.25, 0.3) is 0 Å². The average Bonchev–Trinajstić information content (AvgIpc) is 2.88. The fraction of sp³-hybridized carbons (Fsp3) is 0.357. The van der Waals surface area contributed by atoms with Gasteiger partial charge in [-0.25, -0.2) is 4.68 Å². The molecule has 1 aromatic carbocycles. The Hall–Kier alpha value is -1.44. The van der Waals surface area contributed by atoms with Crippen molar-refractivity contribution in [1.82, 2.24) is 20.2 Å². The van der Waals surface area contributed by atoms with Crippen LogP contribution in [0.2, 0.25) is 10.0 Å². The SMILES string of the molecule is CCCNC(=O)[C@@H](C)Sc1nnc(-c2cc(Cl)ccc2Cl)n1N. The highest BCUT2D eigenvalue weighted by Gasteiger charge is 2.20. The summed E-state index contributed by atoms with van der Waals surface area (Å²) in [6.07, 6.45) is 0.883. The number of carbonyl (C=O) groups is 1. The Bertz CT molecular complexity index is 706. The number of carbonyl (C=O) groups excluding carboxylic acids is 1. The maximum Gasteiger partial charge on any atom is 0.233 e. The Morgan fingerprint density at radius 1 is 1.43 bits per heavy atom. The predicted octanol–water partition coefficient (Wildman–Crippen LogP) is 2.97. The Labute approximate surface area is 148 Å². The van der Waals surface area contributed by atoms with E-state index < -0.39 is 0 Å². The van der Waals surface area contributed by atoms with Crippen molar-refractivity contribution < 1.29 is 4.79 Å². The number of hydrogen-bond acceptors (Lipinski definition) is 5. The highest BCUT2D eigenvalue weighted by Crippen LogP contribution is 2.31. The molecule has 23 heavy (non-hydrogen) atoms. The molecule has 2 aromatic rings. The molecule has 1 aromatic heterocycles.